The average Bonchev–Trinajstić information content (AvgIpc) is 2.73. The zero-order valence-corrected chi connectivity index (χ0v) is 16.1. The van der Waals surface area contributed by atoms with Gasteiger partial charge in [-0.3, -0.25) is 0 Å². The van der Waals surface area contributed by atoms with Gasteiger partial charge in [0.25, 0.3) is 0 Å². The van der Waals surface area contributed by atoms with E-state index < -0.39 is 0 Å². The summed E-state index contributed by atoms with van der Waals surface area (Å²) < 4.78 is 0. The van der Waals surface area contributed by atoms with E-state index in [1.165, 1.54) is 21.9 Å². The van der Waals surface area contributed by atoms with Crippen LogP contribution in [0.25, 0.3) is 39.6 Å². The molecule has 0 radical (unpaired) electrons. The summed E-state index contributed by atoms with van der Waals surface area (Å²) in [5.74, 6) is 2.73. The van der Waals surface area contributed by atoms with Crippen molar-refractivity contribution in [1.82, 2.24) is 15.0 Å². The van der Waals surface area contributed by atoms with Crippen LogP contribution < -0.4 is 0 Å². The normalized spacial score (nSPS) is 15.6. The number of hydrogen-bond acceptors (Lipinski definition) is 3. The molecular weight excluding hydrogens is 342 g/mol. The standard InChI is InChI=1S/C25H21N3/c1-16-6-5-9-20-15-22(12-13-23(16)20)25-27-17(2)26-24(28-25)21-11-10-18-7-3-4-8-19(18)14-21/h3-5,7-16H,6H2,1-2H3. The van der Waals surface area contributed by atoms with Gasteiger partial charge in [-0.05, 0) is 53.3 Å². The molecule has 3 nitrogen and oxygen atoms in total. The Balaban J connectivity index is 1.60. The summed E-state index contributed by atoms with van der Waals surface area (Å²) in [6.45, 7) is 4.20. The predicted octanol–water partition coefficient (Wildman–Crippen LogP) is 6.19. The highest BCUT2D eigenvalue weighted by molar-refractivity contribution is 5.86. The molecule has 3 aromatic carbocycles. The van der Waals surface area contributed by atoms with Crippen LogP contribution in [-0.2, 0) is 0 Å². The Morgan fingerprint density at radius 1 is 0.786 bits per heavy atom. The SMILES string of the molecule is Cc1nc(-c2ccc3c(c2)C=CCC3C)nc(-c2ccc3ccccc3c2)n1. The van der Waals surface area contributed by atoms with Crippen LogP contribution in [0.5, 0.6) is 0 Å². The molecule has 136 valence electrons. The van der Waals surface area contributed by atoms with E-state index >= 15 is 0 Å². The first-order valence-electron chi connectivity index (χ1n) is 9.70. The van der Waals surface area contributed by atoms with Gasteiger partial charge in [-0.1, -0.05) is 67.6 Å². The van der Waals surface area contributed by atoms with Gasteiger partial charge in [-0.25, -0.2) is 15.0 Å². The fourth-order valence-corrected chi connectivity index (χ4v) is 3.90. The Hall–Kier alpha value is -3.33. The van der Waals surface area contributed by atoms with Crippen LogP contribution in [0.15, 0.2) is 66.7 Å². The third-order valence-electron chi connectivity index (χ3n) is 5.42. The van der Waals surface area contributed by atoms with E-state index in [2.05, 4.69) is 89.7 Å². The van der Waals surface area contributed by atoms with Gasteiger partial charge in [0, 0.05) is 11.1 Å². The minimum Gasteiger partial charge on any atom is -0.213 e. The highest BCUT2D eigenvalue weighted by Gasteiger charge is 2.15. The summed E-state index contributed by atoms with van der Waals surface area (Å²) in [6, 6.07) is 21.2. The van der Waals surface area contributed by atoms with E-state index in [0.717, 1.165) is 35.0 Å². The van der Waals surface area contributed by atoms with Crippen LogP contribution in [0.2, 0.25) is 0 Å². The number of benzene rings is 3. The fourth-order valence-electron chi connectivity index (χ4n) is 3.90. The number of allylic oxidation sites excluding steroid dienone is 1. The molecule has 0 amide bonds. The quantitative estimate of drug-likeness (QED) is 0.426. The van der Waals surface area contributed by atoms with Crippen LogP contribution in [0, 0.1) is 6.92 Å². The third kappa shape index (κ3) is 2.99. The van der Waals surface area contributed by atoms with Crippen molar-refractivity contribution in [1.29, 1.82) is 0 Å². The zero-order chi connectivity index (χ0) is 19.1. The smallest absolute Gasteiger partial charge is 0.163 e. The minimum absolute atomic E-state index is 0.558. The molecule has 3 heteroatoms. The van der Waals surface area contributed by atoms with E-state index in [1.54, 1.807) is 0 Å². The lowest BCUT2D eigenvalue weighted by molar-refractivity contribution is 0.772. The number of nitrogens with zero attached hydrogens (tertiary/aromatic N) is 3. The van der Waals surface area contributed by atoms with Crippen molar-refractivity contribution in [3.63, 3.8) is 0 Å². The van der Waals surface area contributed by atoms with Gasteiger partial charge in [-0.2, -0.15) is 0 Å². The second-order valence-corrected chi connectivity index (χ2v) is 7.47. The lowest BCUT2D eigenvalue weighted by Gasteiger charge is -2.18. The monoisotopic (exact) mass is 363 g/mol. The number of hydrogen-bond donors (Lipinski definition) is 0. The first kappa shape index (κ1) is 16.8. The number of aromatic nitrogens is 3. The highest BCUT2D eigenvalue weighted by Crippen LogP contribution is 2.32. The van der Waals surface area contributed by atoms with Gasteiger partial charge in [0.2, 0.25) is 0 Å². The number of fused-ring (bicyclic) bond motifs is 2. The Morgan fingerprint density at radius 2 is 1.50 bits per heavy atom. The fraction of sp³-hybridized carbons (Fsp3) is 0.160. The van der Waals surface area contributed by atoms with Gasteiger partial charge in [0.05, 0.1) is 0 Å². The van der Waals surface area contributed by atoms with E-state index in [0.29, 0.717) is 5.92 Å². The number of aryl methyl sites for hydroxylation is 1. The molecule has 1 atom stereocenters. The van der Waals surface area contributed by atoms with Gasteiger partial charge in [0.1, 0.15) is 5.82 Å². The van der Waals surface area contributed by atoms with Gasteiger partial charge in [-0.15, -0.1) is 0 Å². The van der Waals surface area contributed by atoms with Crippen LogP contribution in [0.1, 0.15) is 36.2 Å². The summed E-state index contributed by atoms with van der Waals surface area (Å²) in [4.78, 5) is 14.0. The second-order valence-electron chi connectivity index (χ2n) is 7.47. The van der Waals surface area contributed by atoms with Crippen molar-refractivity contribution in [2.75, 3.05) is 0 Å². The Bertz CT molecular complexity index is 1220. The van der Waals surface area contributed by atoms with Crippen molar-refractivity contribution in [2.45, 2.75) is 26.2 Å². The first-order chi connectivity index (χ1) is 13.7. The van der Waals surface area contributed by atoms with Crippen molar-refractivity contribution < 1.29 is 0 Å². The molecule has 28 heavy (non-hydrogen) atoms. The molecule has 1 aliphatic rings. The highest BCUT2D eigenvalue weighted by atomic mass is 15.0. The molecule has 0 fully saturated rings. The molecule has 1 aliphatic carbocycles. The van der Waals surface area contributed by atoms with Gasteiger partial charge >= 0.3 is 0 Å². The third-order valence-corrected chi connectivity index (χ3v) is 5.42. The molecule has 0 aliphatic heterocycles. The summed E-state index contributed by atoms with van der Waals surface area (Å²) in [5.41, 5.74) is 4.70. The maximum absolute atomic E-state index is 4.80. The Labute approximate surface area is 164 Å². The molecule has 1 heterocycles. The van der Waals surface area contributed by atoms with E-state index in [-0.39, 0.29) is 0 Å². The second kappa shape index (κ2) is 6.68. The molecule has 0 N–H and O–H groups in total. The largest absolute Gasteiger partial charge is 0.213 e. The maximum atomic E-state index is 4.80. The van der Waals surface area contributed by atoms with Crippen molar-refractivity contribution >= 4 is 16.8 Å². The van der Waals surface area contributed by atoms with Crippen LogP contribution >= 0.6 is 0 Å². The average molecular weight is 363 g/mol. The lowest BCUT2D eigenvalue weighted by Crippen LogP contribution is -2.02. The molecule has 5 rings (SSSR count). The van der Waals surface area contributed by atoms with Gasteiger partial charge < -0.3 is 0 Å². The molecule has 1 aromatic heterocycles. The minimum atomic E-state index is 0.558. The molecular formula is C25H21N3. The molecule has 0 saturated carbocycles. The molecule has 0 spiro atoms. The molecule has 1 unspecified atom stereocenters. The maximum Gasteiger partial charge on any atom is 0.163 e. The van der Waals surface area contributed by atoms with E-state index in [9.17, 15) is 0 Å². The van der Waals surface area contributed by atoms with E-state index in [1.807, 2.05) is 6.92 Å². The Morgan fingerprint density at radius 3 is 2.32 bits per heavy atom. The summed E-state index contributed by atoms with van der Waals surface area (Å²) >= 11 is 0. The van der Waals surface area contributed by atoms with Crippen molar-refractivity contribution in [2.24, 2.45) is 0 Å². The van der Waals surface area contributed by atoms with Crippen LogP contribution in [-0.4, -0.2) is 15.0 Å². The van der Waals surface area contributed by atoms with Crippen molar-refractivity contribution in [3.05, 3.63) is 83.7 Å². The van der Waals surface area contributed by atoms with Crippen molar-refractivity contribution in [3.8, 4) is 22.8 Å². The molecule has 0 saturated heterocycles. The first-order valence-corrected chi connectivity index (χ1v) is 9.70. The summed E-state index contributed by atoms with van der Waals surface area (Å²) in [5, 5.41) is 2.40. The zero-order valence-electron chi connectivity index (χ0n) is 16.1. The van der Waals surface area contributed by atoms with Crippen LogP contribution in [0.4, 0.5) is 0 Å². The van der Waals surface area contributed by atoms with Crippen LogP contribution in [0.3, 0.4) is 0 Å². The summed E-state index contributed by atoms with van der Waals surface area (Å²) in [6.07, 6.45) is 5.55. The summed E-state index contributed by atoms with van der Waals surface area (Å²) in [7, 11) is 0. The topological polar surface area (TPSA) is 38.7 Å². The predicted molar refractivity (Wildman–Crippen MR) is 115 cm³/mol. The lowest BCUT2D eigenvalue weighted by atomic mass is 9.87. The van der Waals surface area contributed by atoms with E-state index in [4.69, 9.17) is 4.98 Å². The van der Waals surface area contributed by atoms with Gasteiger partial charge in [0.15, 0.2) is 11.6 Å². The molecule has 0 bridgehead atoms. The molecule has 4 aromatic rings. The Kier molecular flexibility index (Phi) is 4.01. The number of rotatable bonds is 2.